The van der Waals surface area contributed by atoms with Crippen LogP contribution in [-0.4, -0.2) is 12.2 Å². The summed E-state index contributed by atoms with van der Waals surface area (Å²) in [5.41, 5.74) is 11.3. The Morgan fingerprint density at radius 2 is 1.06 bits per heavy atom. The first-order valence-corrected chi connectivity index (χ1v) is 26.0. The van der Waals surface area contributed by atoms with Crippen LogP contribution in [0.1, 0.15) is 180 Å². The van der Waals surface area contributed by atoms with Crippen molar-refractivity contribution in [1.82, 2.24) is 0 Å². The fourth-order valence-corrected chi connectivity index (χ4v) is 9.25. The van der Waals surface area contributed by atoms with Crippen molar-refractivity contribution in [1.29, 1.82) is 0 Å². The van der Waals surface area contributed by atoms with Gasteiger partial charge in [-0.1, -0.05) is 135 Å². The van der Waals surface area contributed by atoms with Crippen molar-refractivity contribution in [2.45, 2.75) is 180 Å². The van der Waals surface area contributed by atoms with Gasteiger partial charge in [-0.15, -0.1) is 39.2 Å². The van der Waals surface area contributed by atoms with E-state index < -0.39 is 20.8 Å². The molecule has 6 rings (SSSR count). The van der Waals surface area contributed by atoms with E-state index in [2.05, 4.69) is 132 Å². The molecule has 0 radical (unpaired) electrons. The van der Waals surface area contributed by atoms with Gasteiger partial charge in [0.25, 0.3) is 0 Å². The molecule has 51 heavy (non-hydrogen) atoms. The molecular weight excluding hydrogens is 743 g/mol. The molecule has 0 saturated carbocycles. The van der Waals surface area contributed by atoms with Crippen LogP contribution < -0.4 is 0 Å². The maximum atomic E-state index is 5.94. The average molecular weight is 809 g/mol. The minimum absolute atomic E-state index is 0.0326. The second-order valence-electron chi connectivity index (χ2n) is 20.1. The number of hydrogen-bond acceptors (Lipinski definition) is 1. The van der Waals surface area contributed by atoms with Gasteiger partial charge >= 0.3 is 37.9 Å². The van der Waals surface area contributed by atoms with Gasteiger partial charge in [-0.25, -0.2) is 6.07 Å². The van der Waals surface area contributed by atoms with Crippen molar-refractivity contribution in [3.05, 3.63) is 81.4 Å². The van der Waals surface area contributed by atoms with Crippen molar-refractivity contribution in [3.8, 4) is 0 Å². The van der Waals surface area contributed by atoms with Gasteiger partial charge in [0.15, 0.2) is 0 Å². The average Bonchev–Trinajstić information content (AvgIpc) is 3.63. The van der Waals surface area contributed by atoms with Crippen LogP contribution in [0.5, 0.6) is 0 Å². The first-order chi connectivity index (χ1) is 23.6. The topological polar surface area (TPSA) is 9.23 Å². The molecule has 0 unspecified atom stereocenters. The molecule has 0 aromatic heterocycles. The Bertz CT molecular complexity index is 1740. The standard InChI is InChI=1S/C47H66O.2ClH.Zr/c1-42(2,3)48-25-17-15-14-16-18-31-19-20-32(26-31)47(12,13)41-35-29-39-37(43(4,5)21-23-45(39,8)9)27-33(35)34-28-38-40(30-36(34)41)46(10,11)24-22-44(38,6)7;;;/h19-20,26-30H,14-18,21-25H2,1-13H3;2*1H;/q-2;;;+4/p-2. The minimum atomic E-state index is -0.826. The Morgan fingerprint density at radius 1 is 0.647 bits per heavy atom. The summed E-state index contributed by atoms with van der Waals surface area (Å²) < 4.78 is 5.94. The van der Waals surface area contributed by atoms with Crippen molar-refractivity contribution in [2.24, 2.45) is 0 Å². The number of unbranched alkanes of at least 4 members (excludes halogenated alkanes) is 3. The predicted octanol–water partition coefficient (Wildman–Crippen LogP) is 14.7. The van der Waals surface area contributed by atoms with Crippen LogP contribution in [-0.2, 0) is 59.1 Å². The molecule has 0 saturated heterocycles. The van der Waals surface area contributed by atoms with Gasteiger partial charge in [0.2, 0.25) is 0 Å². The molecular formula is C47H66Cl2OZr. The summed E-state index contributed by atoms with van der Waals surface area (Å²) in [5, 5.41) is 5.92. The zero-order valence-corrected chi connectivity index (χ0v) is 38.2. The molecule has 2 aliphatic carbocycles. The normalized spacial score (nSPS) is 18.9. The van der Waals surface area contributed by atoms with Gasteiger partial charge in [0, 0.05) is 6.61 Å². The molecule has 0 N–H and O–H groups in total. The van der Waals surface area contributed by atoms with Crippen molar-refractivity contribution < 1.29 is 25.6 Å². The molecule has 4 heteroatoms. The summed E-state index contributed by atoms with van der Waals surface area (Å²) in [6, 6.07) is 18.0. The van der Waals surface area contributed by atoms with Crippen LogP contribution >= 0.6 is 17.0 Å². The van der Waals surface area contributed by atoms with E-state index in [-0.39, 0.29) is 32.7 Å². The second kappa shape index (κ2) is 15.0. The SMILES string of the molecule is CC(C)(C)OCCCCCCc1cc[c-](C(C)(C)[c-]2c3cc4c(cc3c3cc5c(cc32)C(C)(C)CCC5(C)C)C(C)(C)CCC4(C)C)c1.[Cl][Zr+2][Cl]. The number of ether oxygens (including phenoxy) is 1. The number of hydrogen-bond donors (Lipinski definition) is 0. The van der Waals surface area contributed by atoms with Gasteiger partial charge in [-0.3, -0.25) is 0 Å². The third kappa shape index (κ3) is 8.51. The van der Waals surface area contributed by atoms with Gasteiger partial charge in [0.1, 0.15) is 0 Å². The van der Waals surface area contributed by atoms with Crippen molar-refractivity contribution in [3.63, 3.8) is 0 Å². The van der Waals surface area contributed by atoms with Gasteiger partial charge in [0.05, 0.1) is 5.60 Å². The fourth-order valence-electron chi connectivity index (χ4n) is 9.25. The zero-order valence-electron chi connectivity index (χ0n) is 34.3. The van der Waals surface area contributed by atoms with E-state index in [0.29, 0.717) is 0 Å². The van der Waals surface area contributed by atoms with E-state index in [4.69, 9.17) is 21.8 Å². The van der Waals surface area contributed by atoms with Crippen molar-refractivity contribution in [2.75, 3.05) is 6.61 Å². The molecule has 0 aliphatic heterocycles. The van der Waals surface area contributed by atoms with Crippen molar-refractivity contribution >= 4 is 38.6 Å². The summed E-state index contributed by atoms with van der Waals surface area (Å²) in [6.45, 7) is 32.1. The van der Waals surface area contributed by atoms with Crippen LogP contribution in [0.3, 0.4) is 0 Å². The molecule has 0 amide bonds. The maximum absolute atomic E-state index is 5.94. The number of halogens is 2. The second-order valence-corrected chi connectivity index (χ2v) is 23.9. The van der Waals surface area contributed by atoms with Gasteiger partial charge < -0.3 is 4.74 Å². The molecule has 0 bridgehead atoms. The number of benzene rings is 2. The molecule has 0 spiro atoms. The van der Waals surface area contributed by atoms with E-state index in [1.807, 2.05) is 0 Å². The first kappa shape index (κ1) is 41.3. The van der Waals surface area contributed by atoms with Crippen LogP contribution in [0.4, 0.5) is 0 Å². The molecule has 4 aromatic rings. The Balaban J connectivity index is 0.00000162. The van der Waals surface area contributed by atoms with E-state index in [0.717, 1.165) is 19.4 Å². The fraction of sp³-hybridized carbons (Fsp3) is 0.617. The predicted molar refractivity (Wildman–Crippen MR) is 221 cm³/mol. The summed E-state index contributed by atoms with van der Waals surface area (Å²) in [5.74, 6) is 0. The quantitative estimate of drug-likeness (QED) is 0.121. The monoisotopic (exact) mass is 806 g/mol. The Labute approximate surface area is 330 Å². The van der Waals surface area contributed by atoms with E-state index in [1.54, 1.807) is 22.3 Å². The zero-order chi connectivity index (χ0) is 37.8. The Hall–Kier alpha value is -0.917. The molecule has 2 aliphatic rings. The molecule has 1 nitrogen and oxygen atoms in total. The first-order valence-electron chi connectivity index (χ1n) is 19.7. The van der Waals surface area contributed by atoms with Gasteiger partial charge in [-0.05, 0) is 74.5 Å². The van der Waals surface area contributed by atoms with Crippen LogP contribution in [0, 0.1) is 0 Å². The molecule has 278 valence electrons. The summed E-state index contributed by atoms with van der Waals surface area (Å²) in [7, 11) is 9.87. The third-order valence-electron chi connectivity index (χ3n) is 12.9. The van der Waals surface area contributed by atoms with Gasteiger partial charge in [-0.2, -0.15) is 23.3 Å². The van der Waals surface area contributed by atoms with Crippen LogP contribution in [0.2, 0.25) is 0 Å². The molecule has 0 heterocycles. The molecule has 4 aromatic carbocycles. The third-order valence-corrected chi connectivity index (χ3v) is 12.9. The van der Waals surface area contributed by atoms with Crippen LogP contribution in [0.25, 0.3) is 21.5 Å². The van der Waals surface area contributed by atoms with E-state index in [1.165, 1.54) is 83.2 Å². The van der Waals surface area contributed by atoms with E-state index >= 15 is 0 Å². The Morgan fingerprint density at radius 3 is 1.49 bits per heavy atom. The molecule has 0 atom stereocenters. The molecule has 0 fully saturated rings. The van der Waals surface area contributed by atoms with E-state index in [9.17, 15) is 0 Å². The number of fused-ring (bicyclic) bond motifs is 5. The summed E-state index contributed by atoms with van der Waals surface area (Å²) >= 11 is -0.826. The Kier molecular flexibility index (Phi) is 12.1. The van der Waals surface area contributed by atoms with Crippen LogP contribution in [0.15, 0.2) is 42.5 Å². The number of rotatable bonds is 9. The summed E-state index contributed by atoms with van der Waals surface area (Å²) in [4.78, 5) is 0. The number of aryl methyl sites for hydroxylation is 1. The summed E-state index contributed by atoms with van der Waals surface area (Å²) in [6.07, 6.45) is 11.0.